The van der Waals surface area contributed by atoms with Gasteiger partial charge in [0.1, 0.15) is 0 Å². The highest BCUT2D eigenvalue weighted by atomic mass is 79.9. The summed E-state index contributed by atoms with van der Waals surface area (Å²) < 4.78 is 0.434. The van der Waals surface area contributed by atoms with Gasteiger partial charge in [-0.3, -0.25) is 4.79 Å². The van der Waals surface area contributed by atoms with Gasteiger partial charge in [-0.25, -0.2) is 4.79 Å². The number of nitrogens with two attached hydrogens (primary N) is 1. The number of nitrogen functional groups attached to an aromatic ring is 1. The third-order valence-corrected chi connectivity index (χ3v) is 3.74. The highest BCUT2D eigenvalue weighted by molar-refractivity contribution is 9.10. The van der Waals surface area contributed by atoms with E-state index in [1.807, 2.05) is 0 Å². The van der Waals surface area contributed by atoms with Crippen LogP contribution in [-0.2, 0) is 0 Å². The van der Waals surface area contributed by atoms with Gasteiger partial charge in [-0.2, -0.15) is 0 Å². The Morgan fingerprint density at radius 3 is 2.52 bits per heavy atom. The number of hydrogen-bond acceptors (Lipinski definition) is 3. The molecular weight excluding hydrogens is 360 g/mol. The van der Waals surface area contributed by atoms with Crippen LogP contribution in [0.2, 0.25) is 5.02 Å². The molecule has 0 aliphatic rings. The predicted molar refractivity (Wildman–Crippen MR) is 84.9 cm³/mol. The van der Waals surface area contributed by atoms with Crippen LogP contribution in [0.5, 0.6) is 0 Å². The molecule has 0 aliphatic carbocycles. The van der Waals surface area contributed by atoms with Crippen molar-refractivity contribution in [3.63, 3.8) is 0 Å². The number of carbonyl (C=O) groups is 2. The first-order valence-corrected chi connectivity index (χ1v) is 6.95. The van der Waals surface area contributed by atoms with Crippen molar-refractivity contribution in [2.75, 3.05) is 11.1 Å². The number of rotatable bonds is 3. The Kier molecular flexibility index (Phi) is 4.50. The van der Waals surface area contributed by atoms with E-state index in [9.17, 15) is 9.59 Å². The van der Waals surface area contributed by atoms with Gasteiger partial charge in [0.15, 0.2) is 0 Å². The van der Waals surface area contributed by atoms with Crippen molar-refractivity contribution in [1.82, 2.24) is 0 Å². The Morgan fingerprint density at radius 2 is 1.90 bits per heavy atom. The molecule has 108 valence electrons. The van der Waals surface area contributed by atoms with Crippen LogP contribution in [0.4, 0.5) is 11.4 Å². The second-order valence-electron chi connectivity index (χ2n) is 4.19. The number of anilines is 2. The van der Waals surface area contributed by atoms with Gasteiger partial charge in [-0.15, -0.1) is 0 Å². The number of carboxylic acid groups (broad SMARTS) is 1. The molecule has 5 nitrogen and oxygen atoms in total. The quantitative estimate of drug-likeness (QED) is 0.720. The van der Waals surface area contributed by atoms with Crippen LogP contribution in [0.15, 0.2) is 40.9 Å². The molecule has 0 aliphatic heterocycles. The minimum absolute atomic E-state index is 0.0585. The van der Waals surface area contributed by atoms with E-state index in [4.69, 9.17) is 22.4 Å². The number of hydrogen-bond donors (Lipinski definition) is 3. The van der Waals surface area contributed by atoms with Crippen molar-refractivity contribution in [1.29, 1.82) is 0 Å². The van der Waals surface area contributed by atoms with Crippen molar-refractivity contribution < 1.29 is 14.7 Å². The third-order valence-electron chi connectivity index (χ3n) is 2.72. The first kappa shape index (κ1) is 15.3. The molecule has 0 spiro atoms. The van der Waals surface area contributed by atoms with Crippen LogP contribution in [0.3, 0.4) is 0 Å². The molecule has 0 bridgehead atoms. The average molecular weight is 370 g/mol. The minimum atomic E-state index is -1.09. The van der Waals surface area contributed by atoms with Gasteiger partial charge in [0.05, 0.1) is 16.3 Å². The van der Waals surface area contributed by atoms with Crippen molar-refractivity contribution >= 4 is 50.8 Å². The molecule has 0 aromatic heterocycles. The summed E-state index contributed by atoms with van der Waals surface area (Å²) in [6, 6.07) is 9.02. The predicted octanol–water partition coefficient (Wildman–Crippen LogP) is 3.64. The summed E-state index contributed by atoms with van der Waals surface area (Å²) in [5, 5.41) is 11.9. The highest BCUT2D eigenvalue weighted by Gasteiger charge is 2.12. The fourth-order valence-corrected chi connectivity index (χ4v) is 2.24. The molecular formula is C14H10BrClN2O3. The van der Waals surface area contributed by atoms with Gasteiger partial charge in [0.25, 0.3) is 5.91 Å². The largest absolute Gasteiger partial charge is 0.478 e. The molecule has 0 fully saturated rings. The molecule has 21 heavy (non-hydrogen) atoms. The standard InChI is InChI=1S/C14H10BrClN2O3/c15-10-3-2-8(6-9(10)14(20)21)18-13(19)7-1-4-12(17)11(16)5-7/h1-6H,17H2,(H,18,19)(H,20,21). The van der Waals surface area contributed by atoms with Crippen LogP contribution < -0.4 is 11.1 Å². The fraction of sp³-hybridized carbons (Fsp3) is 0. The van der Waals surface area contributed by atoms with E-state index < -0.39 is 11.9 Å². The average Bonchev–Trinajstić information content (AvgIpc) is 2.43. The molecule has 7 heteroatoms. The number of aromatic carboxylic acids is 1. The SMILES string of the molecule is Nc1ccc(C(=O)Nc2ccc(Br)c(C(=O)O)c2)cc1Cl. The van der Waals surface area contributed by atoms with Crippen LogP contribution in [0, 0.1) is 0 Å². The van der Waals surface area contributed by atoms with Gasteiger partial charge >= 0.3 is 5.97 Å². The number of benzene rings is 2. The Hall–Kier alpha value is -2.05. The van der Waals surface area contributed by atoms with E-state index >= 15 is 0 Å². The lowest BCUT2D eigenvalue weighted by molar-refractivity contribution is 0.0695. The van der Waals surface area contributed by atoms with Gasteiger partial charge in [0.2, 0.25) is 0 Å². The van der Waals surface area contributed by atoms with Gasteiger partial charge in [-0.05, 0) is 52.3 Å². The monoisotopic (exact) mass is 368 g/mol. The van der Waals surface area contributed by atoms with E-state index in [-0.39, 0.29) is 10.6 Å². The van der Waals surface area contributed by atoms with Crippen molar-refractivity contribution in [2.24, 2.45) is 0 Å². The number of carbonyl (C=O) groups excluding carboxylic acids is 1. The van der Waals surface area contributed by atoms with Crippen LogP contribution in [-0.4, -0.2) is 17.0 Å². The molecule has 2 aromatic carbocycles. The zero-order valence-corrected chi connectivity index (χ0v) is 12.9. The topological polar surface area (TPSA) is 92.4 Å². The normalized spacial score (nSPS) is 10.2. The zero-order valence-electron chi connectivity index (χ0n) is 10.6. The summed E-state index contributed by atoms with van der Waals surface area (Å²) in [7, 11) is 0. The maximum atomic E-state index is 12.1. The first-order valence-electron chi connectivity index (χ1n) is 5.77. The summed E-state index contributed by atoms with van der Waals surface area (Å²) in [4.78, 5) is 23.1. The van der Waals surface area contributed by atoms with E-state index in [0.29, 0.717) is 21.4 Å². The van der Waals surface area contributed by atoms with Crippen LogP contribution >= 0.6 is 27.5 Å². The van der Waals surface area contributed by atoms with E-state index in [1.54, 1.807) is 12.1 Å². The van der Waals surface area contributed by atoms with E-state index in [2.05, 4.69) is 21.2 Å². The molecule has 0 unspecified atom stereocenters. The molecule has 0 radical (unpaired) electrons. The maximum Gasteiger partial charge on any atom is 0.336 e. The second kappa shape index (κ2) is 6.15. The summed E-state index contributed by atoms with van der Waals surface area (Å²) in [6.07, 6.45) is 0. The maximum absolute atomic E-state index is 12.1. The van der Waals surface area contributed by atoms with Crippen LogP contribution in [0.25, 0.3) is 0 Å². The molecule has 4 N–H and O–H groups in total. The Labute approximate surface area is 133 Å². The second-order valence-corrected chi connectivity index (χ2v) is 5.45. The molecule has 2 aromatic rings. The fourth-order valence-electron chi connectivity index (χ4n) is 1.64. The van der Waals surface area contributed by atoms with E-state index in [1.165, 1.54) is 24.3 Å². The summed E-state index contributed by atoms with van der Waals surface area (Å²) in [5.74, 6) is -1.50. The van der Waals surface area contributed by atoms with Crippen LogP contribution in [0.1, 0.15) is 20.7 Å². The lowest BCUT2D eigenvalue weighted by Gasteiger charge is -2.08. The van der Waals surface area contributed by atoms with E-state index in [0.717, 1.165) is 0 Å². The van der Waals surface area contributed by atoms with Crippen molar-refractivity contribution in [3.8, 4) is 0 Å². The number of amides is 1. The van der Waals surface area contributed by atoms with Gasteiger partial charge in [0, 0.05) is 15.7 Å². The van der Waals surface area contributed by atoms with Crippen molar-refractivity contribution in [2.45, 2.75) is 0 Å². The smallest absolute Gasteiger partial charge is 0.336 e. The summed E-state index contributed by atoms with van der Waals surface area (Å²) >= 11 is 8.99. The Morgan fingerprint density at radius 1 is 1.19 bits per heavy atom. The Balaban J connectivity index is 2.25. The molecule has 0 atom stereocenters. The molecule has 2 rings (SSSR count). The molecule has 1 amide bonds. The van der Waals surface area contributed by atoms with Crippen molar-refractivity contribution in [3.05, 3.63) is 57.0 Å². The number of carboxylic acids is 1. The lowest BCUT2D eigenvalue weighted by Crippen LogP contribution is -2.12. The molecule has 0 heterocycles. The van der Waals surface area contributed by atoms with Gasteiger partial charge in [-0.1, -0.05) is 11.6 Å². The lowest BCUT2D eigenvalue weighted by atomic mass is 10.1. The summed E-state index contributed by atoms with van der Waals surface area (Å²) in [5.41, 5.74) is 6.71. The zero-order chi connectivity index (χ0) is 15.6. The molecule has 0 saturated carbocycles. The highest BCUT2D eigenvalue weighted by Crippen LogP contribution is 2.23. The number of halogens is 2. The minimum Gasteiger partial charge on any atom is -0.478 e. The van der Waals surface area contributed by atoms with Gasteiger partial charge < -0.3 is 16.2 Å². The first-order chi connectivity index (χ1) is 9.88. The number of nitrogens with one attached hydrogen (secondary N) is 1. The summed E-state index contributed by atoms with van der Waals surface area (Å²) in [6.45, 7) is 0. The third kappa shape index (κ3) is 3.53. The molecule has 0 saturated heterocycles. The Bertz CT molecular complexity index is 734.